The average Bonchev–Trinajstić information content (AvgIpc) is 2.57. The van der Waals surface area contributed by atoms with E-state index in [-0.39, 0.29) is 0 Å². The molecule has 1 aromatic carbocycles. The molecular weight excluding hydrogens is 225 g/mol. The maximum Gasteiger partial charge on any atom is 0.416 e. The summed E-state index contributed by atoms with van der Waals surface area (Å²) in [5.74, 6) is 0. The van der Waals surface area contributed by atoms with E-state index in [1.54, 1.807) is 6.07 Å². The van der Waals surface area contributed by atoms with Crippen LogP contribution >= 0.6 is 11.3 Å². The SMILES string of the molecule is O=Cc1cc2ccc(C(F)(F)F)cc2s1. The summed E-state index contributed by atoms with van der Waals surface area (Å²) in [5.41, 5.74) is -0.686. The zero-order valence-corrected chi connectivity index (χ0v) is 8.15. The molecule has 0 radical (unpaired) electrons. The summed E-state index contributed by atoms with van der Waals surface area (Å²) < 4.78 is 37.5. The molecule has 2 rings (SSSR count). The molecule has 0 bridgehead atoms. The fraction of sp³-hybridized carbons (Fsp3) is 0.100. The van der Waals surface area contributed by atoms with Crippen LogP contribution in [0.15, 0.2) is 24.3 Å². The highest BCUT2D eigenvalue weighted by atomic mass is 32.1. The van der Waals surface area contributed by atoms with E-state index in [4.69, 9.17) is 0 Å². The van der Waals surface area contributed by atoms with Gasteiger partial charge in [-0.3, -0.25) is 4.79 Å². The maximum atomic E-state index is 12.3. The van der Waals surface area contributed by atoms with E-state index in [1.807, 2.05) is 0 Å². The Balaban J connectivity index is 2.60. The van der Waals surface area contributed by atoms with Crippen LogP contribution in [0.25, 0.3) is 10.1 Å². The third-order valence-electron chi connectivity index (χ3n) is 1.98. The first-order valence-electron chi connectivity index (χ1n) is 4.06. The molecule has 0 unspecified atom stereocenters. The topological polar surface area (TPSA) is 17.1 Å². The van der Waals surface area contributed by atoms with Gasteiger partial charge in [-0.1, -0.05) is 6.07 Å². The molecule has 78 valence electrons. The summed E-state index contributed by atoms with van der Waals surface area (Å²) in [6.45, 7) is 0. The summed E-state index contributed by atoms with van der Waals surface area (Å²) >= 11 is 1.06. The third kappa shape index (κ3) is 1.87. The van der Waals surface area contributed by atoms with Gasteiger partial charge in [-0.15, -0.1) is 11.3 Å². The fourth-order valence-corrected chi connectivity index (χ4v) is 2.20. The molecule has 15 heavy (non-hydrogen) atoms. The van der Waals surface area contributed by atoms with Crippen LogP contribution in [0.2, 0.25) is 0 Å². The number of hydrogen-bond acceptors (Lipinski definition) is 2. The first-order chi connectivity index (χ1) is 7.00. The number of hydrogen-bond donors (Lipinski definition) is 0. The molecule has 0 spiro atoms. The van der Waals surface area contributed by atoms with Crippen molar-refractivity contribution in [2.75, 3.05) is 0 Å². The predicted octanol–water partition coefficient (Wildman–Crippen LogP) is 3.73. The van der Waals surface area contributed by atoms with Crippen LogP contribution < -0.4 is 0 Å². The lowest BCUT2D eigenvalue weighted by atomic mass is 10.2. The summed E-state index contributed by atoms with van der Waals surface area (Å²) in [6.07, 6.45) is -3.70. The largest absolute Gasteiger partial charge is 0.416 e. The molecule has 1 heterocycles. The summed E-state index contributed by atoms with van der Waals surface area (Å²) in [5, 5.41) is 0.662. The van der Waals surface area contributed by atoms with Crippen molar-refractivity contribution in [2.24, 2.45) is 0 Å². The van der Waals surface area contributed by atoms with Gasteiger partial charge in [0, 0.05) is 4.70 Å². The van der Waals surface area contributed by atoms with Crippen molar-refractivity contribution in [1.82, 2.24) is 0 Å². The number of carbonyl (C=O) groups excluding carboxylic acids is 1. The van der Waals surface area contributed by atoms with Gasteiger partial charge in [0.15, 0.2) is 6.29 Å². The number of halogens is 3. The maximum absolute atomic E-state index is 12.3. The second kappa shape index (κ2) is 3.34. The normalized spacial score (nSPS) is 11.9. The zero-order valence-electron chi connectivity index (χ0n) is 7.34. The van der Waals surface area contributed by atoms with Crippen molar-refractivity contribution in [3.63, 3.8) is 0 Å². The molecule has 0 atom stereocenters. The number of alkyl halides is 3. The van der Waals surface area contributed by atoms with Gasteiger partial charge in [-0.2, -0.15) is 13.2 Å². The lowest BCUT2D eigenvalue weighted by molar-refractivity contribution is -0.137. The van der Waals surface area contributed by atoms with Crippen LogP contribution in [0.1, 0.15) is 15.2 Å². The van der Waals surface area contributed by atoms with Gasteiger partial charge in [0.2, 0.25) is 0 Å². The molecular formula is C10H5F3OS. The van der Waals surface area contributed by atoms with Crippen molar-refractivity contribution in [3.05, 3.63) is 34.7 Å². The number of fused-ring (bicyclic) bond motifs is 1. The molecule has 1 nitrogen and oxygen atoms in total. The highest BCUT2D eigenvalue weighted by Crippen LogP contribution is 2.33. The molecule has 2 aromatic rings. The molecule has 0 amide bonds. The third-order valence-corrected chi connectivity index (χ3v) is 3.01. The summed E-state index contributed by atoms with van der Waals surface area (Å²) in [7, 11) is 0. The number of benzene rings is 1. The van der Waals surface area contributed by atoms with E-state index in [0.29, 0.717) is 21.2 Å². The molecule has 0 saturated carbocycles. The van der Waals surface area contributed by atoms with Gasteiger partial charge in [-0.25, -0.2) is 0 Å². The lowest BCUT2D eigenvalue weighted by Crippen LogP contribution is -2.03. The van der Waals surface area contributed by atoms with Crippen molar-refractivity contribution >= 4 is 27.7 Å². The van der Waals surface area contributed by atoms with Gasteiger partial charge in [0.1, 0.15) is 0 Å². The number of thiophene rings is 1. The molecule has 0 aliphatic carbocycles. The van der Waals surface area contributed by atoms with Crippen molar-refractivity contribution in [1.29, 1.82) is 0 Å². The Morgan fingerprint density at radius 1 is 1.20 bits per heavy atom. The van der Waals surface area contributed by atoms with Crippen LogP contribution in [-0.2, 0) is 6.18 Å². The molecule has 1 aromatic heterocycles. The fourth-order valence-electron chi connectivity index (χ4n) is 1.29. The van der Waals surface area contributed by atoms with Crippen molar-refractivity contribution in [2.45, 2.75) is 6.18 Å². The first-order valence-corrected chi connectivity index (χ1v) is 4.88. The Hall–Kier alpha value is -1.36. The van der Waals surface area contributed by atoms with E-state index in [1.165, 1.54) is 6.07 Å². The van der Waals surface area contributed by atoms with Crippen LogP contribution in [0.5, 0.6) is 0 Å². The van der Waals surface area contributed by atoms with E-state index in [0.717, 1.165) is 23.5 Å². The number of aldehydes is 1. The van der Waals surface area contributed by atoms with E-state index < -0.39 is 11.7 Å². The van der Waals surface area contributed by atoms with Gasteiger partial charge in [0.05, 0.1) is 10.4 Å². The van der Waals surface area contributed by atoms with Crippen molar-refractivity contribution < 1.29 is 18.0 Å². The molecule has 0 saturated heterocycles. The zero-order chi connectivity index (χ0) is 11.1. The van der Waals surface area contributed by atoms with Gasteiger partial charge in [-0.05, 0) is 23.6 Å². The predicted molar refractivity (Wildman–Crippen MR) is 52.2 cm³/mol. The quantitative estimate of drug-likeness (QED) is 0.682. The number of rotatable bonds is 1. The van der Waals surface area contributed by atoms with Gasteiger partial charge < -0.3 is 0 Å². The van der Waals surface area contributed by atoms with E-state index in [9.17, 15) is 18.0 Å². The summed E-state index contributed by atoms with van der Waals surface area (Å²) in [6, 6.07) is 5.03. The summed E-state index contributed by atoms with van der Waals surface area (Å²) in [4.78, 5) is 10.9. The Kier molecular flexibility index (Phi) is 2.26. The Labute approximate surface area is 87.1 Å². The first kappa shape index (κ1) is 10.2. The van der Waals surface area contributed by atoms with Gasteiger partial charge >= 0.3 is 6.18 Å². The molecule has 0 N–H and O–H groups in total. The van der Waals surface area contributed by atoms with Crippen LogP contribution in [0, 0.1) is 0 Å². The van der Waals surface area contributed by atoms with E-state index in [2.05, 4.69) is 0 Å². The van der Waals surface area contributed by atoms with Crippen LogP contribution in [-0.4, -0.2) is 6.29 Å². The molecule has 0 aliphatic rings. The average molecular weight is 230 g/mol. The Morgan fingerprint density at radius 2 is 1.93 bits per heavy atom. The monoisotopic (exact) mass is 230 g/mol. The molecule has 5 heteroatoms. The lowest BCUT2D eigenvalue weighted by Gasteiger charge is -2.05. The highest BCUT2D eigenvalue weighted by Gasteiger charge is 2.30. The Morgan fingerprint density at radius 3 is 2.53 bits per heavy atom. The van der Waals surface area contributed by atoms with Gasteiger partial charge in [0.25, 0.3) is 0 Å². The second-order valence-electron chi connectivity index (χ2n) is 3.02. The second-order valence-corrected chi connectivity index (χ2v) is 4.13. The highest BCUT2D eigenvalue weighted by molar-refractivity contribution is 7.20. The van der Waals surface area contributed by atoms with Crippen LogP contribution in [0.4, 0.5) is 13.2 Å². The van der Waals surface area contributed by atoms with Crippen molar-refractivity contribution in [3.8, 4) is 0 Å². The standard InChI is InChI=1S/C10H5F3OS/c11-10(12,13)7-2-1-6-3-8(5-14)15-9(6)4-7/h1-5H. The minimum Gasteiger partial charge on any atom is -0.297 e. The smallest absolute Gasteiger partial charge is 0.297 e. The minimum atomic E-state index is -4.33. The molecule has 0 aliphatic heterocycles. The molecule has 0 fully saturated rings. The number of carbonyl (C=O) groups is 1. The minimum absolute atomic E-state index is 0.435. The Bertz CT molecular complexity index is 513. The van der Waals surface area contributed by atoms with E-state index >= 15 is 0 Å². The van der Waals surface area contributed by atoms with Crippen LogP contribution in [0.3, 0.4) is 0 Å².